The van der Waals surface area contributed by atoms with Crippen molar-refractivity contribution in [1.82, 2.24) is 5.06 Å². The van der Waals surface area contributed by atoms with Gasteiger partial charge >= 0.3 is 11.9 Å². The fraction of sp³-hybridized carbons (Fsp3) is 0.471. The van der Waals surface area contributed by atoms with E-state index in [9.17, 15) is 9.59 Å². The van der Waals surface area contributed by atoms with E-state index >= 15 is 0 Å². The summed E-state index contributed by atoms with van der Waals surface area (Å²) < 4.78 is 9.98. The molecule has 0 radical (unpaired) electrons. The molecule has 2 rings (SSSR count). The Labute approximate surface area is 141 Å². The SMILES string of the molecule is CCOC(=O)CC1(C(=O)OCC)N=C(C)N(Cc2ccccc2)O1. The first-order valence-corrected chi connectivity index (χ1v) is 7.90. The molecule has 130 valence electrons. The molecule has 1 heterocycles. The summed E-state index contributed by atoms with van der Waals surface area (Å²) in [5, 5.41) is 1.49. The van der Waals surface area contributed by atoms with Crippen LogP contribution in [0.3, 0.4) is 0 Å². The van der Waals surface area contributed by atoms with Crippen LogP contribution < -0.4 is 0 Å². The molecule has 24 heavy (non-hydrogen) atoms. The van der Waals surface area contributed by atoms with Crippen LogP contribution in [0.2, 0.25) is 0 Å². The summed E-state index contributed by atoms with van der Waals surface area (Å²) in [4.78, 5) is 34.3. The van der Waals surface area contributed by atoms with Crippen molar-refractivity contribution in [3.05, 3.63) is 35.9 Å². The number of carbonyl (C=O) groups is 2. The summed E-state index contributed by atoms with van der Waals surface area (Å²) in [5.74, 6) is -0.771. The number of amidine groups is 1. The third-order valence-corrected chi connectivity index (χ3v) is 3.42. The highest BCUT2D eigenvalue weighted by atomic mass is 16.7. The van der Waals surface area contributed by atoms with Crippen molar-refractivity contribution < 1.29 is 23.9 Å². The molecule has 0 saturated carbocycles. The number of hydroxylamine groups is 2. The highest BCUT2D eigenvalue weighted by molar-refractivity contribution is 5.91. The summed E-state index contributed by atoms with van der Waals surface area (Å²) in [7, 11) is 0. The van der Waals surface area contributed by atoms with Gasteiger partial charge in [-0.05, 0) is 26.3 Å². The summed E-state index contributed by atoms with van der Waals surface area (Å²) in [6.07, 6.45) is -0.331. The fourth-order valence-electron chi connectivity index (χ4n) is 2.36. The smallest absolute Gasteiger partial charge is 0.364 e. The van der Waals surface area contributed by atoms with Gasteiger partial charge in [0.25, 0.3) is 5.72 Å². The van der Waals surface area contributed by atoms with Gasteiger partial charge in [-0.1, -0.05) is 30.3 Å². The van der Waals surface area contributed by atoms with Gasteiger partial charge in [-0.25, -0.2) is 19.7 Å². The number of esters is 2. The van der Waals surface area contributed by atoms with E-state index in [1.165, 1.54) is 5.06 Å². The minimum atomic E-state index is -1.72. The van der Waals surface area contributed by atoms with E-state index in [2.05, 4.69) is 4.99 Å². The predicted octanol–water partition coefficient (Wildman–Crippen LogP) is 2.06. The minimum absolute atomic E-state index is 0.167. The van der Waals surface area contributed by atoms with Crippen LogP contribution >= 0.6 is 0 Å². The molecule has 0 saturated heterocycles. The molecule has 0 N–H and O–H groups in total. The number of nitrogens with zero attached hydrogens (tertiary/aromatic N) is 2. The monoisotopic (exact) mass is 334 g/mol. The Bertz CT molecular complexity index is 617. The molecule has 1 aromatic carbocycles. The van der Waals surface area contributed by atoms with Gasteiger partial charge in [0.05, 0.1) is 19.8 Å². The van der Waals surface area contributed by atoms with E-state index in [4.69, 9.17) is 14.3 Å². The highest BCUT2D eigenvalue weighted by Gasteiger charge is 2.50. The zero-order valence-electron chi connectivity index (χ0n) is 14.2. The maximum Gasteiger partial charge on any atom is 0.364 e. The van der Waals surface area contributed by atoms with Crippen molar-refractivity contribution in [1.29, 1.82) is 0 Å². The first kappa shape index (κ1) is 17.9. The molecule has 1 aromatic rings. The normalized spacial score (nSPS) is 19.8. The highest BCUT2D eigenvalue weighted by Crippen LogP contribution is 2.30. The second kappa shape index (κ2) is 7.92. The fourth-order valence-corrected chi connectivity index (χ4v) is 2.36. The summed E-state index contributed by atoms with van der Waals surface area (Å²) in [5.41, 5.74) is -0.732. The van der Waals surface area contributed by atoms with E-state index in [1.807, 2.05) is 30.3 Å². The van der Waals surface area contributed by atoms with Crippen molar-refractivity contribution in [3.63, 3.8) is 0 Å². The number of aliphatic imine (C=N–C) groups is 1. The minimum Gasteiger partial charge on any atom is -0.466 e. The molecule has 7 nitrogen and oxygen atoms in total. The largest absolute Gasteiger partial charge is 0.466 e. The van der Waals surface area contributed by atoms with Crippen LogP contribution in [0.1, 0.15) is 32.8 Å². The molecule has 1 unspecified atom stereocenters. The van der Waals surface area contributed by atoms with E-state index in [0.717, 1.165) is 5.56 Å². The van der Waals surface area contributed by atoms with Crippen molar-refractivity contribution in [2.45, 2.75) is 39.5 Å². The lowest BCUT2D eigenvalue weighted by Gasteiger charge is -2.25. The molecule has 1 atom stereocenters. The molecule has 0 spiro atoms. The van der Waals surface area contributed by atoms with E-state index in [0.29, 0.717) is 12.4 Å². The van der Waals surface area contributed by atoms with E-state index in [-0.39, 0.29) is 19.6 Å². The van der Waals surface area contributed by atoms with Gasteiger partial charge in [-0.15, -0.1) is 0 Å². The number of ether oxygens (including phenoxy) is 2. The zero-order valence-corrected chi connectivity index (χ0v) is 14.2. The standard InChI is InChI=1S/C17H22N2O5/c1-4-22-15(20)11-17(16(21)23-5-2)18-13(3)19(24-17)12-14-9-7-6-8-10-14/h6-10H,4-5,11-12H2,1-3H3. The van der Waals surface area contributed by atoms with Crippen LogP contribution in [0, 0.1) is 0 Å². The third-order valence-electron chi connectivity index (χ3n) is 3.42. The van der Waals surface area contributed by atoms with Crippen LogP contribution in [0.4, 0.5) is 0 Å². The molecule has 0 amide bonds. The maximum absolute atomic E-state index is 12.4. The van der Waals surface area contributed by atoms with Gasteiger partial charge in [0.15, 0.2) is 0 Å². The Balaban J connectivity index is 2.19. The van der Waals surface area contributed by atoms with Gasteiger partial charge in [0.2, 0.25) is 0 Å². The van der Waals surface area contributed by atoms with Crippen LogP contribution in [0.5, 0.6) is 0 Å². The van der Waals surface area contributed by atoms with Gasteiger partial charge in [0.1, 0.15) is 12.3 Å². The molecule has 1 aliphatic heterocycles. The Hall–Kier alpha value is -2.41. The Morgan fingerprint density at radius 2 is 1.83 bits per heavy atom. The van der Waals surface area contributed by atoms with E-state index in [1.54, 1.807) is 20.8 Å². The average molecular weight is 334 g/mol. The lowest BCUT2D eigenvalue weighted by atomic mass is 10.1. The molecule has 0 aromatic heterocycles. The molecular weight excluding hydrogens is 312 g/mol. The zero-order chi connectivity index (χ0) is 17.6. The Morgan fingerprint density at radius 3 is 2.46 bits per heavy atom. The molecule has 7 heteroatoms. The lowest BCUT2D eigenvalue weighted by Crippen LogP contribution is -2.43. The van der Waals surface area contributed by atoms with Gasteiger partial charge < -0.3 is 9.47 Å². The maximum atomic E-state index is 12.4. The van der Waals surface area contributed by atoms with Crippen molar-refractivity contribution >= 4 is 17.8 Å². The first-order valence-electron chi connectivity index (χ1n) is 7.90. The first-order chi connectivity index (χ1) is 11.5. The summed E-state index contributed by atoms with van der Waals surface area (Å²) >= 11 is 0. The number of hydrogen-bond donors (Lipinski definition) is 0. The van der Waals surface area contributed by atoms with Crippen LogP contribution in [-0.4, -0.2) is 41.8 Å². The number of rotatable bonds is 7. The van der Waals surface area contributed by atoms with Crippen molar-refractivity contribution in [2.75, 3.05) is 13.2 Å². The van der Waals surface area contributed by atoms with E-state index < -0.39 is 17.7 Å². The quantitative estimate of drug-likeness (QED) is 0.710. The lowest BCUT2D eigenvalue weighted by molar-refractivity contribution is -0.215. The van der Waals surface area contributed by atoms with Crippen molar-refractivity contribution in [3.8, 4) is 0 Å². The number of hydrogen-bond acceptors (Lipinski definition) is 7. The Kier molecular flexibility index (Phi) is 5.92. The predicted molar refractivity (Wildman–Crippen MR) is 86.8 cm³/mol. The molecule has 1 aliphatic rings. The van der Waals surface area contributed by atoms with Crippen LogP contribution in [-0.2, 0) is 30.4 Å². The van der Waals surface area contributed by atoms with Gasteiger partial charge in [0, 0.05) is 0 Å². The second-order valence-electron chi connectivity index (χ2n) is 5.26. The summed E-state index contributed by atoms with van der Waals surface area (Å²) in [6, 6.07) is 9.61. The number of benzene rings is 1. The van der Waals surface area contributed by atoms with Crippen LogP contribution in [0.25, 0.3) is 0 Å². The third kappa shape index (κ3) is 4.11. The number of carbonyl (C=O) groups excluding carboxylic acids is 2. The summed E-state index contributed by atoms with van der Waals surface area (Å²) in [6.45, 7) is 5.88. The second-order valence-corrected chi connectivity index (χ2v) is 5.26. The van der Waals surface area contributed by atoms with Gasteiger partial charge in [-0.2, -0.15) is 0 Å². The van der Waals surface area contributed by atoms with Gasteiger partial charge in [-0.3, -0.25) is 4.79 Å². The average Bonchev–Trinajstić information content (AvgIpc) is 2.85. The topological polar surface area (TPSA) is 77.4 Å². The van der Waals surface area contributed by atoms with Crippen LogP contribution in [0.15, 0.2) is 35.3 Å². The molecule has 0 bridgehead atoms. The molecule has 0 fully saturated rings. The van der Waals surface area contributed by atoms with Crippen molar-refractivity contribution in [2.24, 2.45) is 4.99 Å². The molecular formula is C17H22N2O5. The Morgan fingerprint density at radius 1 is 1.17 bits per heavy atom. The molecule has 0 aliphatic carbocycles.